The molecule has 0 heterocycles. The van der Waals surface area contributed by atoms with Crippen LogP contribution in [-0.4, -0.2) is 10.0 Å². The maximum absolute atomic E-state index is 11.1. The largest absolute Gasteiger partial charge is 0.487 e. The SMILES string of the molecule is O=[N+]([O-])c1cc(Br)ccc1COc1c(Br)cccc1CO. The van der Waals surface area contributed by atoms with E-state index in [-0.39, 0.29) is 18.9 Å². The lowest BCUT2D eigenvalue weighted by molar-refractivity contribution is -0.385. The van der Waals surface area contributed by atoms with Crippen molar-refractivity contribution in [1.82, 2.24) is 0 Å². The number of nitro benzene ring substituents is 1. The van der Waals surface area contributed by atoms with E-state index in [1.807, 2.05) is 0 Å². The zero-order valence-corrected chi connectivity index (χ0v) is 13.9. The van der Waals surface area contributed by atoms with Crippen LogP contribution in [0, 0.1) is 10.1 Å². The van der Waals surface area contributed by atoms with Crippen LogP contribution in [0.2, 0.25) is 0 Å². The van der Waals surface area contributed by atoms with Gasteiger partial charge in [-0.15, -0.1) is 0 Å². The van der Waals surface area contributed by atoms with Gasteiger partial charge in [0, 0.05) is 16.1 Å². The van der Waals surface area contributed by atoms with Gasteiger partial charge in [-0.05, 0) is 34.1 Å². The Morgan fingerprint density at radius 3 is 2.62 bits per heavy atom. The number of aliphatic hydroxyl groups excluding tert-OH is 1. The average molecular weight is 417 g/mol. The Bertz CT molecular complexity index is 676. The van der Waals surface area contributed by atoms with E-state index in [4.69, 9.17) is 4.74 Å². The monoisotopic (exact) mass is 415 g/mol. The van der Waals surface area contributed by atoms with Crippen molar-refractivity contribution in [3.63, 3.8) is 0 Å². The van der Waals surface area contributed by atoms with Crippen molar-refractivity contribution in [3.05, 3.63) is 66.6 Å². The van der Waals surface area contributed by atoms with Crippen LogP contribution in [0.15, 0.2) is 45.3 Å². The summed E-state index contributed by atoms with van der Waals surface area (Å²) in [5, 5.41) is 20.4. The molecule has 0 saturated carbocycles. The minimum Gasteiger partial charge on any atom is -0.487 e. The van der Waals surface area contributed by atoms with Gasteiger partial charge in [0.15, 0.2) is 0 Å². The first-order valence-corrected chi connectivity index (χ1v) is 7.55. The molecule has 0 aliphatic rings. The Balaban J connectivity index is 2.27. The summed E-state index contributed by atoms with van der Waals surface area (Å²) in [6, 6.07) is 10.1. The Morgan fingerprint density at radius 1 is 1.19 bits per heavy atom. The van der Waals surface area contributed by atoms with Crippen LogP contribution in [0.4, 0.5) is 5.69 Å². The summed E-state index contributed by atoms with van der Waals surface area (Å²) < 4.78 is 6.97. The van der Waals surface area contributed by atoms with E-state index in [1.54, 1.807) is 30.3 Å². The first kappa shape index (κ1) is 15.9. The Hall–Kier alpha value is -1.44. The summed E-state index contributed by atoms with van der Waals surface area (Å²) in [4.78, 5) is 10.6. The molecule has 2 rings (SSSR count). The van der Waals surface area contributed by atoms with Crippen molar-refractivity contribution < 1.29 is 14.8 Å². The van der Waals surface area contributed by atoms with Crippen LogP contribution >= 0.6 is 31.9 Å². The summed E-state index contributed by atoms with van der Waals surface area (Å²) in [6.07, 6.45) is 0. The van der Waals surface area contributed by atoms with Gasteiger partial charge < -0.3 is 9.84 Å². The topological polar surface area (TPSA) is 72.6 Å². The molecule has 0 amide bonds. The molecule has 2 aromatic rings. The van der Waals surface area contributed by atoms with E-state index in [1.165, 1.54) is 6.07 Å². The van der Waals surface area contributed by atoms with Crippen LogP contribution in [0.25, 0.3) is 0 Å². The predicted octanol–water partition coefficient (Wildman–Crippen LogP) is 4.19. The van der Waals surface area contributed by atoms with E-state index < -0.39 is 4.92 Å². The van der Waals surface area contributed by atoms with Crippen LogP contribution in [-0.2, 0) is 13.2 Å². The smallest absolute Gasteiger partial charge is 0.277 e. The van der Waals surface area contributed by atoms with Gasteiger partial charge in [-0.3, -0.25) is 10.1 Å². The number of nitrogens with zero attached hydrogens (tertiary/aromatic N) is 1. The first-order valence-electron chi connectivity index (χ1n) is 5.96. The number of hydrogen-bond donors (Lipinski definition) is 1. The van der Waals surface area contributed by atoms with Crippen LogP contribution in [0.3, 0.4) is 0 Å². The summed E-state index contributed by atoms with van der Waals surface area (Å²) in [5.41, 5.74) is 1.06. The summed E-state index contributed by atoms with van der Waals surface area (Å²) in [6.45, 7) is -0.129. The lowest BCUT2D eigenvalue weighted by Crippen LogP contribution is -2.03. The Morgan fingerprint density at radius 2 is 1.95 bits per heavy atom. The molecule has 0 bridgehead atoms. The molecule has 0 spiro atoms. The molecule has 0 aliphatic carbocycles. The highest BCUT2D eigenvalue weighted by molar-refractivity contribution is 9.10. The maximum Gasteiger partial charge on any atom is 0.277 e. The summed E-state index contributed by atoms with van der Waals surface area (Å²) >= 11 is 6.55. The molecule has 0 aromatic heterocycles. The van der Waals surface area contributed by atoms with Crippen molar-refractivity contribution in [2.75, 3.05) is 0 Å². The van der Waals surface area contributed by atoms with E-state index in [0.29, 0.717) is 25.8 Å². The number of para-hydroxylation sites is 1. The minimum atomic E-state index is -0.448. The Labute approximate surface area is 138 Å². The number of aliphatic hydroxyl groups is 1. The average Bonchev–Trinajstić information content (AvgIpc) is 2.46. The van der Waals surface area contributed by atoms with Gasteiger partial charge in [0.2, 0.25) is 0 Å². The minimum absolute atomic E-state index is 0.0121. The fourth-order valence-corrected chi connectivity index (χ4v) is 2.69. The lowest BCUT2D eigenvalue weighted by atomic mass is 10.2. The van der Waals surface area contributed by atoms with Gasteiger partial charge in [0.1, 0.15) is 12.4 Å². The molecule has 1 N–H and O–H groups in total. The van der Waals surface area contributed by atoms with Crippen molar-refractivity contribution >= 4 is 37.5 Å². The zero-order chi connectivity index (χ0) is 15.4. The molecule has 0 unspecified atom stereocenters. The van der Waals surface area contributed by atoms with E-state index in [0.717, 1.165) is 0 Å². The summed E-state index contributed by atoms with van der Waals surface area (Å²) in [5.74, 6) is 0.484. The van der Waals surface area contributed by atoms with Gasteiger partial charge in [-0.2, -0.15) is 0 Å². The third-order valence-electron chi connectivity index (χ3n) is 2.83. The number of rotatable bonds is 5. The lowest BCUT2D eigenvalue weighted by Gasteiger charge is -2.12. The van der Waals surface area contributed by atoms with Crippen LogP contribution in [0.5, 0.6) is 5.75 Å². The van der Waals surface area contributed by atoms with Gasteiger partial charge in [0.05, 0.1) is 21.6 Å². The standard InChI is InChI=1S/C14H11Br2NO4/c15-11-5-4-10(13(6-11)17(19)20)8-21-14-9(7-18)2-1-3-12(14)16/h1-6,18H,7-8H2. The number of halogens is 2. The number of nitro groups is 1. The molecule has 2 aromatic carbocycles. The second kappa shape index (κ2) is 7.02. The number of ether oxygens (including phenoxy) is 1. The predicted molar refractivity (Wildman–Crippen MR) is 85.2 cm³/mol. The third kappa shape index (κ3) is 3.81. The molecule has 0 saturated heterocycles. The molecule has 110 valence electrons. The van der Waals surface area contributed by atoms with E-state index in [2.05, 4.69) is 31.9 Å². The molecular formula is C14H11Br2NO4. The van der Waals surface area contributed by atoms with Crippen molar-refractivity contribution in [2.45, 2.75) is 13.2 Å². The van der Waals surface area contributed by atoms with E-state index >= 15 is 0 Å². The quantitative estimate of drug-likeness (QED) is 0.585. The Kier molecular flexibility index (Phi) is 5.33. The zero-order valence-electron chi connectivity index (χ0n) is 10.8. The van der Waals surface area contributed by atoms with E-state index in [9.17, 15) is 15.2 Å². The fourth-order valence-electron chi connectivity index (χ4n) is 1.82. The molecule has 0 aliphatic heterocycles. The second-order valence-corrected chi connectivity index (χ2v) is 5.98. The van der Waals surface area contributed by atoms with Crippen molar-refractivity contribution in [3.8, 4) is 5.75 Å². The molecule has 0 radical (unpaired) electrons. The molecule has 7 heteroatoms. The second-order valence-electron chi connectivity index (χ2n) is 4.21. The normalized spacial score (nSPS) is 10.4. The highest BCUT2D eigenvalue weighted by atomic mass is 79.9. The van der Waals surface area contributed by atoms with Crippen molar-refractivity contribution in [1.29, 1.82) is 0 Å². The van der Waals surface area contributed by atoms with Crippen molar-refractivity contribution in [2.24, 2.45) is 0 Å². The highest BCUT2D eigenvalue weighted by Gasteiger charge is 2.16. The van der Waals surface area contributed by atoms with Gasteiger partial charge in [0.25, 0.3) is 5.69 Å². The van der Waals surface area contributed by atoms with Gasteiger partial charge in [-0.25, -0.2) is 0 Å². The number of hydrogen-bond acceptors (Lipinski definition) is 4. The molecule has 21 heavy (non-hydrogen) atoms. The maximum atomic E-state index is 11.1. The summed E-state index contributed by atoms with van der Waals surface area (Å²) in [7, 11) is 0. The molecule has 0 fully saturated rings. The molecule has 0 atom stereocenters. The van der Waals surface area contributed by atoms with Crippen LogP contribution < -0.4 is 4.74 Å². The third-order valence-corrected chi connectivity index (χ3v) is 3.95. The first-order chi connectivity index (χ1) is 10.0. The molecular weight excluding hydrogens is 406 g/mol. The molecule has 5 nitrogen and oxygen atoms in total. The highest BCUT2D eigenvalue weighted by Crippen LogP contribution is 2.31. The van der Waals surface area contributed by atoms with Gasteiger partial charge >= 0.3 is 0 Å². The number of benzene rings is 2. The van der Waals surface area contributed by atoms with Gasteiger partial charge in [-0.1, -0.05) is 28.1 Å². The fraction of sp³-hybridized carbons (Fsp3) is 0.143. The van der Waals surface area contributed by atoms with Crippen LogP contribution in [0.1, 0.15) is 11.1 Å².